The lowest BCUT2D eigenvalue weighted by atomic mass is 10.1. The average molecular weight is 268 g/mol. The second-order valence-corrected chi connectivity index (χ2v) is 5.14. The minimum atomic E-state index is -0.117. The minimum Gasteiger partial charge on any atom is -0.349 e. The summed E-state index contributed by atoms with van der Waals surface area (Å²) in [6.45, 7) is 2.16. The van der Waals surface area contributed by atoms with Crippen LogP contribution >= 0.6 is 11.6 Å². The number of nitrogen functional groups attached to an aromatic ring is 1. The van der Waals surface area contributed by atoms with Gasteiger partial charge in [0.1, 0.15) is 0 Å². The van der Waals surface area contributed by atoms with Gasteiger partial charge in [0.2, 0.25) is 0 Å². The molecule has 18 heavy (non-hydrogen) atoms. The Kier molecular flexibility index (Phi) is 4.09. The monoisotopic (exact) mass is 267 g/mol. The molecule has 1 aromatic rings. The summed E-state index contributed by atoms with van der Waals surface area (Å²) < 4.78 is 0. The van der Waals surface area contributed by atoms with Gasteiger partial charge in [-0.1, -0.05) is 24.9 Å². The lowest BCUT2D eigenvalue weighted by Crippen LogP contribution is -2.28. The summed E-state index contributed by atoms with van der Waals surface area (Å²) in [5.41, 5.74) is 3.59. The van der Waals surface area contributed by atoms with Crippen molar-refractivity contribution in [2.45, 2.75) is 32.2 Å². The summed E-state index contributed by atoms with van der Waals surface area (Å²) in [4.78, 5) is 12.1. The van der Waals surface area contributed by atoms with Gasteiger partial charge in [0.05, 0.1) is 11.3 Å². The number of amides is 1. The number of hydrogen-bond donors (Lipinski definition) is 3. The van der Waals surface area contributed by atoms with E-state index < -0.39 is 0 Å². The second-order valence-electron chi connectivity index (χ2n) is 4.70. The second kappa shape index (κ2) is 5.59. The first kappa shape index (κ1) is 13.2. The molecular formula is C13H18ClN3O. The number of rotatable bonds is 5. The van der Waals surface area contributed by atoms with Gasteiger partial charge in [-0.15, -0.1) is 0 Å². The van der Waals surface area contributed by atoms with Crippen LogP contribution in [-0.4, -0.2) is 11.9 Å². The quantitative estimate of drug-likeness (QED) is 0.567. The van der Waals surface area contributed by atoms with E-state index in [0.29, 0.717) is 28.2 Å². The maximum absolute atomic E-state index is 12.1. The zero-order valence-electron chi connectivity index (χ0n) is 10.4. The highest BCUT2D eigenvalue weighted by molar-refractivity contribution is 6.31. The highest BCUT2D eigenvalue weighted by Gasteiger charge is 2.37. The molecule has 0 radical (unpaired) electrons. The molecule has 0 spiro atoms. The van der Waals surface area contributed by atoms with Crippen LogP contribution in [0.5, 0.6) is 0 Å². The molecule has 98 valence electrons. The molecule has 1 aliphatic carbocycles. The average Bonchev–Trinajstić information content (AvgIpc) is 3.07. The zero-order chi connectivity index (χ0) is 13.1. The molecule has 5 heteroatoms. The largest absolute Gasteiger partial charge is 0.349 e. The van der Waals surface area contributed by atoms with Gasteiger partial charge in [0.15, 0.2) is 0 Å². The fraction of sp³-hybridized carbons (Fsp3) is 0.462. The lowest BCUT2D eigenvalue weighted by molar-refractivity contribution is 0.0949. The maximum Gasteiger partial charge on any atom is 0.253 e. The number of anilines is 1. The standard InChI is InChI=1S/C13H18ClN3O/c1-2-3-8-6-12(8)16-13(18)10-7-9(14)4-5-11(10)17-15/h4-5,7-8,12,17H,2-3,6,15H2,1H3,(H,16,18). The minimum absolute atomic E-state index is 0.117. The molecule has 2 unspecified atom stereocenters. The predicted octanol–water partition coefficient (Wildman–Crippen LogP) is 2.54. The third kappa shape index (κ3) is 2.94. The molecule has 4 nitrogen and oxygen atoms in total. The van der Waals surface area contributed by atoms with Gasteiger partial charge in [-0.05, 0) is 37.0 Å². The Bertz CT molecular complexity index is 450. The van der Waals surface area contributed by atoms with Crippen LogP contribution in [0.15, 0.2) is 18.2 Å². The Morgan fingerprint density at radius 1 is 1.56 bits per heavy atom. The van der Waals surface area contributed by atoms with Gasteiger partial charge in [-0.2, -0.15) is 0 Å². The van der Waals surface area contributed by atoms with Crippen LogP contribution in [0.25, 0.3) is 0 Å². The van der Waals surface area contributed by atoms with Crippen molar-refractivity contribution < 1.29 is 4.79 Å². The SMILES string of the molecule is CCCC1CC1NC(=O)c1cc(Cl)ccc1NN. The molecular weight excluding hydrogens is 250 g/mol. The van der Waals surface area contributed by atoms with Gasteiger partial charge in [-0.3, -0.25) is 10.6 Å². The lowest BCUT2D eigenvalue weighted by Gasteiger charge is -2.10. The van der Waals surface area contributed by atoms with E-state index in [1.807, 2.05) is 0 Å². The number of carbonyl (C=O) groups is 1. The number of hydrazine groups is 1. The number of carbonyl (C=O) groups excluding carboxylic acids is 1. The van der Waals surface area contributed by atoms with E-state index in [4.69, 9.17) is 17.4 Å². The van der Waals surface area contributed by atoms with Crippen LogP contribution in [0.1, 0.15) is 36.5 Å². The van der Waals surface area contributed by atoms with E-state index >= 15 is 0 Å². The summed E-state index contributed by atoms with van der Waals surface area (Å²) in [6.07, 6.45) is 3.40. The van der Waals surface area contributed by atoms with Crippen molar-refractivity contribution in [3.05, 3.63) is 28.8 Å². The van der Waals surface area contributed by atoms with Crippen molar-refractivity contribution in [2.24, 2.45) is 11.8 Å². The first-order valence-electron chi connectivity index (χ1n) is 6.22. The van der Waals surface area contributed by atoms with E-state index in [1.54, 1.807) is 18.2 Å². The Balaban J connectivity index is 2.03. The topological polar surface area (TPSA) is 67.2 Å². The molecule has 0 saturated heterocycles. The Hall–Kier alpha value is -1.26. The van der Waals surface area contributed by atoms with E-state index in [-0.39, 0.29) is 5.91 Å². The first-order chi connectivity index (χ1) is 8.65. The number of nitrogens with one attached hydrogen (secondary N) is 2. The predicted molar refractivity (Wildman–Crippen MR) is 73.5 cm³/mol. The summed E-state index contributed by atoms with van der Waals surface area (Å²) in [6, 6.07) is 5.34. The van der Waals surface area contributed by atoms with Gasteiger partial charge in [0, 0.05) is 11.1 Å². The zero-order valence-corrected chi connectivity index (χ0v) is 11.1. The van der Waals surface area contributed by atoms with Crippen LogP contribution in [0.3, 0.4) is 0 Å². The van der Waals surface area contributed by atoms with Crippen molar-refractivity contribution in [3.63, 3.8) is 0 Å². The molecule has 0 bridgehead atoms. The fourth-order valence-electron chi connectivity index (χ4n) is 2.19. The molecule has 1 fully saturated rings. The van der Waals surface area contributed by atoms with Crippen LogP contribution in [0, 0.1) is 5.92 Å². The molecule has 2 atom stereocenters. The smallest absolute Gasteiger partial charge is 0.253 e. The van der Waals surface area contributed by atoms with Crippen LogP contribution in [-0.2, 0) is 0 Å². The molecule has 0 heterocycles. The molecule has 1 aliphatic rings. The van der Waals surface area contributed by atoms with Crippen molar-refractivity contribution in [2.75, 3.05) is 5.43 Å². The number of benzene rings is 1. The summed E-state index contributed by atoms with van der Waals surface area (Å²) in [7, 11) is 0. The fourth-order valence-corrected chi connectivity index (χ4v) is 2.36. The molecule has 0 aromatic heterocycles. The third-order valence-electron chi connectivity index (χ3n) is 3.28. The molecule has 2 rings (SSSR count). The first-order valence-corrected chi connectivity index (χ1v) is 6.60. The Labute approximate surface area is 112 Å². The summed E-state index contributed by atoms with van der Waals surface area (Å²) in [5.74, 6) is 5.90. The van der Waals surface area contributed by atoms with E-state index in [2.05, 4.69) is 17.7 Å². The Morgan fingerprint density at radius 2 is 2.33 bits per heavy atom. The van der Waals surface area contributed by atoms with Crippen LogP contribution < -0.4 is 16.6 Å². The van der Waals surface area contributed by atoms with E-state index in [9.17, 15) is 4.79 Å². The summed E-state index contributed by atoms with van der Waals surface area (Å²) in [5, 5.41) is 3.54. The normalized spacial score (nSPS) is 21.5. The third-order valence-corrected chi connectivity index (χ3v) is 3.52. The maximum atomic E-state index is 12.1. The van der Waals surface area contributed by atoms with Crippen molar-refractivity contribution >= 4 is 23.2 Å². The van der Waals surface area contributed by atoms with Crippen LogP contribution in [0.4, 0.5) is 5.69 Å². The van der Waals surface area contributed by atoms with Gasteiger partial charge in [0.25, 0.3) is 5.91 Å². The molecule has 1 amide bonds. The number of halogens is 1. The number of nitrogens with two attached hydrogens (primary N) is 1. The van der Waals surface area contributed by atoms with E-state index in [1.165, 1.54) is 6.42 Å². The van der Waals surface area contributed by atoms with Gasteiger partial charge >= 0.3 is 0 Å². The van der Waals surface area contributed by atoms with Crippen molar-refractivity contribution in [1.29, 1.82) is 0 Å². The molecule has 4 N–H and O–H groups in total. The Morgan fingerprint density at radius 3 is 3.00 bits per heavy atom. The van der Waals surface area contributed by atoms with Gasteiger partial charge in [-0.25, -0.2) is 0 Å². The number of hydrogen-bond acceptors (Lipinski definition) is 3. The van der Waals surface area contributed by atoms with Crippen molar-refractivity contribution in [1.82, 2.24) is 5.32 Å². The van der Waals surface area contributed by atoms with Gasteiger partial charge < -0.3 is 10.7 Å². The highest BCUT2D eigenvalue weighted by atomic mass is 35.5. The highest BCUT2D eigenvalue weighted by Crippen LogP contribution is 2.35. The van der Waals surface area contributed by atoms with Crippen LogP contribution in [0.2, 0.25) is 5.02 Å². The van der Waals surface area contributed by atoms with Crippen molar-refractivity contribution in [3.8, 4) is 0 Å². The molecule has 1 aromatic carbocycles. The van der Waals surface area contributed by atoms with E-state index in [0.717, 1.165) is 12.8 Å². The summed E-state index contributed by atoms with van der Waals surface area (Å²) >= 11 is 5.90. The molecule has 0 aliphatic heterocycles. The molecule has 1 saturated carbocycles.